The summed E-state index contributed by atoms with van der Waals surface area (Å²) in [7, 11) is 3.21. The predicted molar refractivity (Wildman–Crippen MR) is 116 cm³/mol. The molecule has 26 heavy (non-hydrogen) atoms. The second kappa shape index (κ2) is 11.6. The average Bonchev–Trinajstić information content (AvgIpc) is 2.65. The Kier molecular flexibility index (Phi) is 9.82. The Hall–Kier alpha value is -2.00. The molecule has 0 bridgehead atoms. The molecule has 0 saturated heterocycles. The summed E-state index contributed by atoms with van der Waals surface area (Å²) in [6.07, 6.45) is 0. The van der Waals surface area contributed by atoms with Gasteiger partial charge in [0.25, 0.3) is 0 Å². The first-order valence-electron chi connectivity index (χ1n) is 8.10. The summed E-state index contributed by atoms with van der Waals surface area (Å²) in [6.45, 7) is 3.80. The molecule has 0 atom stereocenters. The first-order valence-corrected chi connectivity index (χ1v) is 8.10. The van der Waals surface area contributed by atoms with Gasteiger partial charge in [0.1, 0.15) is 11.5 Å². The molecule has 142 valence electrons. The van der Waals surface area contributed by atoms with Crippen LogP contribution in [0.5, 0.6) is 11.5 Å². The van der Waals surface area contributed by atoms with Crippen molar-refractivity contribution in [2.24, 2.45) is 10.7 Å². The Morgan fingerprint density at radius 3 is 2.35 bits per heavy atom. The van der Waals surface area contributed by atoms with Crippen LogP contribution in [0.2, 0.25) is 0 Å². The second-order valence-corrected chi connectivity index (χ2v) is 5.35. The van der Waals surface area contributed by atoms with Crippen molar-refractivity contribution in [1.82, 2.24) is 0 Å². The van der Waals surface area contributed by atoms with Crippen molar-refractivity contribution in [3.8, 4) is 11.5 Å². The van der Waals surface area contributed by atoms with Crippen LogP contribution in [0.4, 0.5) is 5.69 Å². The lowest BCUT2D eigenvalue weighted by molar-refractivity contribution is 0.134. The zero-order chi connectivity index (χ0) is 18.1. The van der Waals surface area contributed by atoms with E-state index < -0.39 is 0 Å². The van der Waals surface area contributed by atoms with Gasteiger partial charge in [-0.25, -0.2) is 4.99 Å². The quantitative estimate of drug-likeness (QED) is 0.348. The van der Waals surface area contributed by atoms with E-state index in [2.05, 4.69) is 10.3 Å². The van der Waals surface area contributed by atoms with Crippen molar-refractivity contribution < 1.29 is 14.2 Å². The zero-order valence-corrected chi connectivity index (χ0v) is 17.7. The average molecular weight is 471 g/mol. The molecular weight excluding hydrogens is 445 g/mol. The van der Waals surface area contributed by atoms with Crippen molar-refractivity contribution in [3.63, 3.8) is 0 Å². The number of aliphatic imine (C=N–C) groups is 1. The Bertz CT molecular complexity index is 706. The molecule has 2 aromatic carbocycles. The number of methoxy groups -OCH3 is 2. The molecule has 0 unspecified atom stereocenters. The summed E-state index contributed by atoms with van der Waals surface area (Å²) in [5.41, 5.74) is 8.90. The lowest BCUT2D eigenvalue weighted by atomic mass is 10.1. The lowest BCUT2D eigenvalue weighted by Crippen LogP contribution is -2.23. The van der Waals surface area contributed by atoms with Gasteiger partial charge in [-0.05, 0) is 30.2 Å². The molecule has 0 radical (unpaired) electrons. The van der Waals surface area contributed by atoms with Crippen LogP contribution in [-0.2, 0) is 17.9 Å². The third-order valence-corrected chi connectivity index (χ3v) is 3.60. The van der Waals surface area contributed by atoms with Gasteiger partial charge in [0.05, 0.1) is 33.1 Å². The van der Waals surface area contributed by atoms with Crippen molar-refractivity contribution in [3.05, 3.63) is 53.6 Å². The number of hydrogen-bond acceptors (Lipinski definition) is 4. The number of nitrogens with two attached hydrogens (primary N) is 1. The van der Waals surface area contributed by atoms with E-state index >= 15 is 0 Å². The largest absolute Gasteiger partial charge is 0.497 e. The summed E-state index contributed by atoms with van der Waals surface area (Å²) >= 11 is 0. The molecule has 2 rings (SSSR count). The molecule has 0 spiro atoms. The van der Waals surface area contributed by atoms with Gasteiger partial charge in [-0.3, -0.25) is 0 Å². The maximum atomic E-state index is 5.99. The summed E-state index contributed by atoms with van der Waals surface area (Å²) in [5, 5.41) is 3.05. The fraction of sp³-hybridized carbons (Fsp3) is 0.316. The highest BCUT2D eigenvalue weighted by Crippen LogP contribution is 2.28. The van der Waals surface area contributed by atoms with Gasteiger partial charge in [0.15, 0.2) is 5.96 Å². The van der Waals surface area contributed by atoms with Crippen molar-refractivity contribution in [1.29, 1.82) is 0 Å². The van der Waals surface area contributed by atoms with Crippen LogP contribution >= 0.6 is 24.0 Å². The summed E-state index contributed by atoms with van der Waals surface area (Å²) < 4.78 is 15.9. The van der Waals surface area contributed by atoms with Gasteiger partial charge < -0.3 is 25.3 Å². The maximum Gasteiger partial charge on any atom is 0.193 e. The van der Waals surface area contributed by atoms with E-state index in [9.17, 15) is 0 Å². The summed E-state index contributed by atoms with van der Waals surface area (Å²) in [4.78, 5) is 4.37. The number of nitrogens with zero attached hydrogens (tertiary/aromatic N) is 1. The van der Waals surface area contributed by atoms with E-state index in [1.807, 2.05) is 49.4 Å². The number of rotatable bonds is 8. The maximum absolute atomic E-state index is 5.99. The minimum atomic E-state index is 0. The van der Waals surface area contributed by atoms with E-state index in [4.69, 9.17) is 19.9 Å². The number of ether oxygens (including phenoxy) is 3. The van der Waals surface area contributed by atoms with Crippen LogP contribution in [-0.4, -0.2) is 26.8 Å². The van der Waals surface area contributed by atoms with Gasteiger partial charge in [0, 0.05) is 12.7 Å². The molecule has 6 nitrogen and oxygen atoms in total. The highest BCUT2D eigenvalue weighted by Gasteiger charge is 2.06. The van der Waals surface area contributed by atoms with Crippen molar-refractivity contribution in [2.45, 2.75) is 20.1 Å². The number of anilines is 1. The van der Waals surface area contributed by atoms with Crippen LogP contribution in [0.1, 0.15) is 18.1 Å². The zero-order valence-electron chi connectivity index (χ0n) is 15.3. The first kappa shape index (κ1) is 22.0. The van der Waals surface area contributed by atoms with Crippen LogP contribution in [0, 0.1) is 0 Å². The van der Waals surface area contributed by atoms with Gasteiger partial charge >= 0.3 is 0 Å². The number of guanidine groups is 1. The van der Waals surface area contributed by atoms with E-state index in [0.29, 0.717) is 42.9 Å². The monoisotopic (exact) mass is 471 g/mol. The van der Waals surface area contributed by atoms with Gasteiger partial charge in [-0.2, -0.15) is 0 Å². The minimum absolute atomic E-state index is 0. The number of nitrogens with one attached hydrogen (secondary N) is 1. The molecule has 0 heterocycles. The smallest absolute Gasteiger partial charge is 0.193 e. The molecule has 2 aromatic rings. The highest BCUT2D eigenvalue weighted by molar-refractivity contribution is 14.0. The van der Waals surface area contributed by atoms with Crippen molar-refractivity contribution >= 4 is 35.6 Å². The number of halogens is 1. The van der Waals surface area contributed by atoms with E-state index in [1.54, 1.807) is 14.2 Å². The summed E-state index contributed by atoms with van der Waals surface area (Å²) in [5.74, 6) is 1.69. The molecular formula is C19H26IN3O3. The number of hydrogen-bond donors (Lipinski definition) is 2. The molecule has 0 aromatic heterocycles. The standard InChI is InChI=1S/C19H25N3O3.HI/c1-4-25-13-15-7-5-14(6-8-15)12-21-19(20)22-17-11-16(23-2)9-10-18(17)24-3;/h5-11H,4,12-13H2,1-3H3,(H3,20,21,22);1H. The first-order chi connectivity index (χ1) is 12.2. The normalized spacial score (nSPS) is 10.8. The summed E-state index contributed by atoms with van der Waals surface area (Å²) in [6, 6.07) is 13.6. The fourth-order valence-corrected chi connectivity index (χ4v) is 2.23. The lowest BCUT2D eigenvalue weighted by Gasteiger charge is -2.12. The molecule has 7 heteroatoms. The Morgan fingerprint density at radius 2 is 1.73 bits per heavy atom. The topological polar surface area (TPSA) is 78.1 Å². The van der Waals surface area contributed by atoms with E-state index in [0.717, 1.165) is 11.1 Å². The fourth-order valence-electron chi connectivity index (χ4n) is 2.23. The molecule has 0 aliphatic carbocycles. The Balaban J connectivity index is 0.00000338. The third kappa shape index (κ3) is 6.72. The second-order valence-electron chi connectivity index (χ2n) is 5.35. The van der Waals surface area contributed by atoms with Gasteiger partial charge in [-0.15, -0.1) is 24.0 Å². The molecule has 3 N–H and O–H groups in total. The van der Waals surface area contributed by atoms with Crippen LogP contribution in [0.25, 0.3) is 0 Å². The Labute approximate surface area is 171 Å². The van der Waals surface area contributed by atoms with E-state index in [-0.39, 0.29) is 24.0 Å². The molecule has 0 aliphatic heterocycles. The SMILES string of the molecule is CCOCc1ccc(CN=C(N)Nc2cc(OC)ccc2OC)cc1.I. The van der Waals surface area contributed by atoms with Gasteiger partial charge in [0.2, 0.25) is 0 Å². The van der Waals surface area contributed by atoms with Crippen molar-refractivity contribution in [2.75, 3.05) is 26.1 Å². The minimum Gasteiger partial charge on any atom is -0.497 e. The van der Waals surface area contributed by atoms with Gasteiger partial charge in [-0.1, -0.05) is 24.3 Å². The molecule has 0 fully saturated rings. The molecule has 0 amide bonds. The predicted octanol–water partition coefficient (Wildman–Crippen LogP) is 3.79. The van der Waals surface area contributed by atoms with Crippen LogP contribution in [0.15, 0.2) is 47.5 Å². The van der Waals surface area contributed by atoms with Crippen LogP contribution in [0.3, 0.4) is 0 Å². The highest BCUT2D eigenvalue weighted by atomic mass is 127. The third-order valence-electron chi connectivity index (χ3n) is 3.60. The van der Waals surface area contributed by atoms with E-state index in [1.165, 1.54) is 0 Å². The number of benzene rings is 2. The Morgan fingerprint density at radius 1 is 1.04 bits per heavy atom. The molecule has 0 aliphatic rings. The van der Waals surface area contributed by atoms with Crippen LogP contribution < -0.4 is 20.5 Å². The molecule has 0 saturated carbocycles.